The predicted octanol–water partition coefficient (Wildman–Crippen LogP) is 0.309. The molecule has 1 unspecified atom stereocenters. The van der Waals surface area contributed by atoms with Gasteiger partial charge in [-0.1, -0.05) is 12.1 Å². The highest BCUT2D eigenvalue weighted by Crippen LogP contribution is 2.26. The Morgan fingerprint density at radius 3 is 2.52 bits per heavy atom. The van der Waals surface area contributed by atoms with E-state index in [0.717, 1.165) is 5.56 Å². The first kappa shape index (κ1) is 16.4. The minimum atomic E-state index is -3.76. The Balaban J connectivity index is 2.31. The van der Waals surface area contributed by atoms with E-state index in [2.05, 4.69) is 4.72 Å². The lowest BCUT2D eigenvalue weighted by molar-refractivity contribution is 0.461. The first-order valence-corrected chi connectivity index (χ1v) is 9.91. The number of hydrogen-bond acceptors (Lipinski definition) is 5. The van der Waals surface area contributed by atoms with Gasteiger partial charge in [-0.2, -0.15) is 0 Å². The van der Waals surface area contributed by atoms with E-state index in [4.69, 9.17) is 5.73 Å². The molecule has 0 aliphatic carbocycles. The van der Waals surface area contributed by atoms with Crippen LogP contribution in [0.1, 0.15) is 24.5 Å². The molecule has 0 aromatic heterocycles. The molecule has 8 heteroatoms. The highest BCUT2D eigenvalue weighted by molar-refractivity contribution is 7.92. The normalized spacial score (nSPS) is 25.1. The van der Waals surface area contributed by atoms with Crippen LogP contribution in [-0.2, 0) is 26.4 Å². The van der Waals surface area contributed by atoms with Crippen molar-refractivity contribution in [2.75, 3.05) is 11.5 Å². The molecule has 118 valence electrons. The third-order valence-corrected chi connectivity index (χ3v) is 7.35. The monoisotopic (exact) mass is 332 g/mol. The second-order valence-corrected chi connectivity index (χ2v) is 9.65. The molecule has 0 amide bonds. The van der Waals surface area contributed by atoms with Crippen molar-refractivity contribution in [3.63, 3.8) is 0 Å². The molecule has 1 aliphatic rings. The van der Waals surface area contributed by atoms with Gasteiger partial charge in [-0.25, -0.2) is 21.6 Å². The number of benzene rings is 1. The van der Waals surface area contributed by atoms with Gasteiger partial charge in [-0.15, -0.1) is 0 Å². The van der Waals surface area contributed by atoms with Crippen LogP contribution in [0, 0.1) is 6.92 Å². The number of nitrogens with one attached hydrogen (secondary N) is 1. The summed E-state index contributed by atoms with van der Waals surface area (Å²) in [4.78, 5) is 0.158. The van der Waals surface area contributed by atoms with E-state index < -0.39 is 25.4 Å². The largest absolute Gasteiger partial charge is 0.326 e. The number of nitrogens with two attached hydrogens (primary N) is 1. The van der Waals surface area contributed by atoms with Crippen LogP contribution in [0.15, 0.2) is 23.1 Å². The van der Waals surface area contributed by atoms with Gasteiger partial charge < -0.3 is 5.73 Å². The molecule has 1 aromatic carbocycles. The van der Waals surface area contributed by atoms with Gasteiger partial charge in [0.15, 0.2) is 9.84 Å². The Kier molecular flexibility index (Phi) is 4.18. The third-order valence-electron chi connectivity index (χ3n) is 3.65. The second-order valence-electron chi connectivity index (χ2n) is 5.81. The summed E-state index contributed by atoms with van der Waals surface area (Å²) in [5.74, 6) is -0.156. The van der Waals surface area contributed by atoms with Gasteiger partial charge in [-0.3, -0.25) is 0 Å². The highest BCUT2D eigenvalue weighted by Gasteiger charge is 2.41. The fraction of sp³-hybridized carbons (Fsp3) is 0.538. The molecule has 1 atom stereocenters. The molecular formula is C13H20N2O4S2. The molecule has 1 heterocycles. The van der Waals surface area contributed by atoms with Crippen molar-refractivity contribution in [1.82, 2.24) is 4.72 Å². The second kappa shape index (κ2) is 5.35. The molecule has 1 aromatic rings. The van der Waals surface area contributed by atoms with Crippen molar-refractivity contribution in [3.05, 3.63) is 29.3 Å². The van der Waals surface area contributed by atoms with Gasteiger partial charge in [0.1, 0.15) is 0 Å². The van der Waals surface area contributed by atoms with E-state index in [-0.39, 0.29) is 22.8 Å². The Hall–Kier alpha value is -0.960. The summed E-state index contributed by atoms with van der Waals surface area (Å²) >= 11 is 0. The van der Waals surface area contributed by atoms with Gasteiger partial charge in [0.25, 0.3) is 0 Å². The summed E-state index contributed by atoms with van der Waals surface area (Å²) in [6.45, 7) is 3.66. The van der Waals surface area contributed by atoms with E-state index in [1.807, 2.05) is 0 Å². The van der Waals surface area contributed by atoms with Crippen LogP contribution in [0.2, 0.25) is 0 Å². The van der Waals surface area contributed by atoms with Gasteiger partial charge in [-0.05, 0) is 37.5 Å². The van der Waals surface area contributed by atoms with Gasteiger partial charge in [0.05, 0.1) is 16.4 Å². The Morgan fingerprint density at radius 2 is 2.05 bits per heavy atom. The molecule has 1 aliphatic heterocycles. The van der Waals surface area contributed by atoms with Gasteiger partial charge in [0, 0.05) is 12.1 Å². The van der Waals surface area contributed by atoms with E-state index >= 15 is 0 Å². The maximum atomic E-state index is 12.5. The van der Waals surface area contributed by atoms with E-state index in [1.165, 1.54) is 6.07 Å². The zero-order chi connectivity index (χ0) is 15.9. The number of sulfonamides is 1. The van der Waals surface area contributed by atoms with Gasteiger partial charge >= 0.3 is 0 Å². The first-order chi connectivity index (χ1) is 9.57. The van der Waals surface area contributed by atoms with E-state index in [1.54, 1.807) is 26.0 Å². The maximum Gasteiger partial charge on any atom is 0.241 e. The maximum absolute atomic E-state index is 12.5. The number of hydrogen-bond donors (Lipinski definition) is 2. The van der Waals surface area contributed by atoms with Crippen LogP contribution in [0.5, 0.6) is 0 Å². The van der Waals surface area contributed by atoms with Crippen LogP contribution >= 0.6 is 0 Å². The summed E-state index contributed by atoms with van der Waals surface area (Å²) in [5, 5.41) is 0. The van der Waals surface area contributed by atoms with Crippen molar-refractivity contribution in [2.24, 2.45) is 5.73 Å². The zero-order valence-corrected chi connectivity index (χ0v) is 13.7. The number of aryl methyl sites for hydroxylation is 1. The molecule has 0 radical (unpaired) electrons. The van der Waals surface area contributed by atoms with Gasteiger partial charge in [0.2, 0.25) is 10.0 Å². The molecular weight excluding hydrogens is 312 g/mol. The van der Waals surface area contributed by atoms with Crippen LogP contribution in [0.25, 0.3) is 0 Å². The van der Waals surface area contributed by atoms with Crippen LogP contribution in [0.3, 0.4) is 0 Å². The Morgan fingerprint density at radius 1 is 1.38 bits per heavy atom. The standard InChI is InChI=1S/C13H20N2O4S2/c1-10-7-11(8-14)3-4-12(10)21(18,19)15-13(2)5-6-20(16,17)9-13/h3-4,7,15H,5-6,8-9,14H2,1-2H3. The van der Waals surface area contributed by atoms with E-state index in [0.29, 0.717) is 12.1 Å². The number of rotatable bonds is 4. The number of sulfone groups is 1. The third kappa shape index (κ3) is 3.63. The van der Waals surface area contributed by atoms with Crippen molar-refractivity contribution < 1.29 is 16.8 Å². The Bertz CT molecular complexity index is 756. The minimum absolute atomic E-state index is 0.0110. The minimum Gasteiger partial charge on any atom is -0.326 e. The lowest BCUT2D eigenvalue weighted by Gasteiger charge is -2.24. The van der Waals surface area contributed by atoms with Crippen LogP contribution in [-0.4, -0.2) is 33.9 Å². The van der Waals surface area contributed by atoms with Crippen LogP contribution < -0.4 is 10.5 Å². The summed E-state index contributed by atoms with van der Waals surface area (Å²) in [7, 11) is -6.94. The SMILES string of the molecule is Cc1cc(CN)ccc1S(=O)(=O)NC1(C)CCS(=O)(=O)C1. The topological polar surface area (TPSA) is 106 Å². The molecule has 6 nitrogen and oxygen atoms in total. The summed E-state index contributed by atoms with van der Waals surface area (Å²) < 4.78 is 50.7. The first-order valence-electron chi connectivity index (χ1n) is 6.61. The lowest BCUT2D eigenvalue weighted by Crippen LogP contribution is -2.46. The highest BCUT2D eigenvalue weighted by atomic mass is 32.2. The molecule has 2 rings (SSSR count). The average Bonchev–Trinajstić information content (AvgIpc) is 2.61. The predicted molar refractivity (Wildman–Crippen MR) is 81.1 cm³/mol. The Labute approximate surface area is 125 Å². The van der Waals surface area contributed by atoms with Crippen molar-refractivity contribution in [3.8, 4) is 0 Å². The average molecular weight is 332 g/mol. The molecule has 3 N–H and O–H groups in total. The molecule has 21 heavy (non-hydrogen) atoms. The van der Waals surface area contributed by atoms with Crippen molar-refractivity contribution >= 4 is 19.9 Å². The molecule has 0 saturated carbocycles. The summed E-state index contributed by atoms with van der Waals surface area (Å²) in [5.41, 5.74) is 6.02. The summed E-state index contributed by atoms with van der Waals surface area (Å²) in [6.07, 6.45) is 0.286. The quantitative estimate of drug-likeness (QED) is 0.825. The fourth-order valence-electron chi connectivity index (χ4n) is 2.61. The zero-order valence-electron chi connectivity index (χ0n) is 12.1. The van der Waals surface area contributed by atoms with Crippen molar-refractivity contribution in [2.45, 2.75) is 37.2 Å². The summed E-state index contributed by atoms with van der Waals surface area (Å²) in [6, 6.07) is 4.89. The van der Waals surface area contributed by atoms with E-state index in [9.17, 15) is 16.8 Å². The fourth-order valence-corrected chi connectivity index (χ4v) is 6.46. The molecule has 0 bridgehead atoms. The molecule has 1 saturated heterocycles. The molecule has 1 fully saturated rings. The lowest BCUT2D eigenvalue weighted by atomic mass is 10.0. The molecule has 0 spiro atoms. The van der Waals surface area contributed by atoms with Crippen LogP contribution in [0.4, 0.5) is 0 Å². The smallest absolute Gasteiger partial charge is 0.241 e. The van der Waals surface area contributed by atoms with Crippen molar-refractivity contribution in [1.29, 1.82) is 0 Å².